The summed E-state index contributed by atoms with van der Waals surface area (Å²) in [4.78, 5) is 13.6. The number of likely N-dealkylation sites (tertiary alicyclic amines) is 1. The van der Waals surface area contributed by atoms with Gasteiger partial charge in [0.1, 0.15) is 11.6 Å². The largest absolute Gasteiger partial charge is 0.444 e. The number of nitrogens with zero attached hydrogens (tertiary/aromatic N) is 1. The number of hydrogen-bond donors (Lipinski definition) is 1. The zero-order chi connectivity index (χ0) is 11.1. The number of nitrogens with two attached hydrogens (primary N) is 1. The molecule has 1 amide bonds. The molecule has 2 N–H and O–H groups in total. The molecule has 0 aromatic rings. The van der Waals surface area contributed by atoms with Gasteiger partial charge in [-0.25, -0.2) is 4.79 Å². The molecule has 2 atom stereocenters. The zero-order valence-corrected chi connectivity index (χ0v) is 9.82. The van der Waals surface area contributed by atoms with E-state index < -0.39 is 0 Å². The van der Waals surface area contributed by atoms with E-state index in [1.165, 1.54) is 13.0 Å². The van der Waals surface area contributed by atoms with E-state index in [4.69, 9.17) is 4.74 Å². The Bertz CT molecular complexity index is 248. The number of quaternary nitrogens is 1. The van der Waals surface area contributed by atoms with E-state index in [0.717, 1.165) is 13.1 Å². The van der Waals surface area contributed by atoms with Crippen LogP contribution in [0, 0.1) is 5.92 Å². The lowest BCUT2D eigenvalue weighted by Gasteiger charge is -2.24. The molecule has 2 heterocycles. The Morgan fingerprint density at radius 1 is 1.40 bits per heavy atom. The molecule has 2 saturated heterocycles. The van der Waals surface area contributed by atoms with Gasteiger partial charge in [-0.1, -0.05) is 0 Å². The van der Waals surface area contributed by atoms with Gasteiger partial charge in [0, 0.05) is 18.9 Å². The Balaban J connectivity index is 1.88. The first-order valence-electron chi connectivity index (χ1n) is 5.77. The molecule has 15 heavy (non-hydrogen) atoms. The van der Waals surface area contributed by atoms with E-state index in [1.54, 1.807) is 0 Å². The summed E-state index contributed by atoms with van der Waals surface area (Å²) in [6.07, 6.45) is 1.09. The van der Waals surface area contributed by atoms with Crippen molar-refractivity contribution in [3.05, 3.63) is 0 Å². The van der Waals surface area contributed by atoms with Gasteiger partial charge in [-0.05, 0) is 20.8 Å². The summed E-state index contributed by atoms with van der Waals surface area (Å²) in [5, 5.41) is 2.36. The molecule has 2 aliphatic heterocycles. The van der Waals surface area contributed by atoms with Crippen LogP contribution >= 0.6 is 0 Å². The van der Waals surface area contributed by atoms with Crippen LogP contribution in [-0.2, 0) is 4.74 Å². The van der Waals surface area contributed by atoms with Crippen molar-refractivity contribution >= 4 is 6.09 Å². The van der Waals surface area contributed by atoms with Gasteiger partial charge in [0.05, 0.1) is 13.1 Å². The van der Waals surface area contributed by atoms with E-state index in [9.17, 15) is 4.79 Å². The molecular formula is C11H21N2O2+. The predicted octanol–water partition coefficient (Wildman–Crippen LogP) is 0.189. The summed E-state index contributed by atoms with van der Waals surface area (Å²) in [5.74, 6) is 0.692. The number of amides is 1. The second-order valence-electron chi connectivity index (χ2n) is 5.62. The number of carbonyl (C=O) groups excluding carboxylic acids is 1. The highest BCUT2D eigenvalue weighted by Crippen LogP contribution is 2.22. The van der Waals surface area contributed by atoms with Crippen molar-refractivity contribution < 1.29 is 14.8 Å². The monoisotopic (exact) mass is 213 g/mol. The molecule has 0 saturated carbocycles. The SMILES string of the molecule is CC(C)(C)OC(=O)N1C[C@@H]2CC[NH2+][C@H]2C1. The van der Waals surface area contributed by atoms with E-state index in [1.807, 2.05) is 25.7 Å². The number of ether oxygens (including phenoxy) is 1. The van der Waals surface area contributed by atoms with Gasteiger partial charge in [-0.15, -0.1) is 0 Å². The van der Waals surface area contributed by atoms with E-state index >= 15 is 0 Å². The molecular weight excluding hydrogens is 192 g/mol. The molecule has 2 fully saturated rings. The second kappa shape index (κ2) is 3.67. The molecule has 0 aromatic heterocycles. The highest BCUT2D eigenvalue weighted by molar-refractivity contribution is 5.68. The molecule has 0 aromatic carbocycles. The molecule has 4 nitrogen and oxygen atoms in total. The molecule has 0 spiro atoms. The van der Waals surface area contributed by atoms with Crippen LogP contribution < -0.4 is 5.32 Å². The van der Waals surface area contributed by atoms with Crippen molar-refractivity contribution in [1.29, 1.82) is 0 Å². The van der Waals surface area contributed by atoms with Crippen molar-refractivity contribution in [3.63, 3.8) is 0 Å². The fourth-order valence-corrected chi connectivity index (χ4v) is 2.47. The van der Waals surface area contributed by atoms with Gasteiger partial charge in [0.2, 0.25) is 0 Å². The molecule has 0 unspecified atom stereocenters. The molecule has 0 bridgehead atoms. The lowest BCUT2D eigenvalue weighted by atomic mass is 10.1. The second-order valence-corrected chi connectivity index (χ2v) is 5.62. The van der Waals surface area contributed by atoms with Gasteiger partial charge in [-0.3, -0.25) is 0 Å². The molecule has 4 heteroatoms. The van der Waals surface area contributed by atoms with Gasteiger partial charge in [-0.2, -0.15) is 0 Å². The molecule has 2 aliphatic rings. The van der Waals surface area contributed by atoms with Crippen molar-refractivity contribution in [3.8, 4) is 0 Å². The average Bonchev–Trinajstić information content (AvgIpc) is 2.56. The first-order valence-corrected chi connectivity index (χ1v) is 5.77. The first-order chi connectivity index (χ1) is 6.96. The summed E-state index contributed by atoms with van der Waals surface area (Å²) in [7, 11) is 0. The van der Waals surface area contributed by atoms with Crippen LogP contribution in [0.1, 0.15) is 27.2 Å². The summed E-state index contributed by atoms with van der Waals surface area (Å²) in [6.45, 7) is 8.70. The number of carbonyl (C=O) groups is 1. The van der Waals surface area contributed by atoms with E-state index in [2.05, 4.69) is 5.32 Å². The lowest BCUT2D eigenvalue weighted by Crippen LogP contribution is -2.88. The molecule has 86 valence electrons. The smallest absolute Gasteiger partial charge is 0.410 e. The van der Waals surface area contributed by atoms with Crippen LogP contribution in [0.15, 0.2) is 0 Å². The fourth-order valence-electron chi connectivity index (χ4n) is 2.47. The Kier molecular flexibility index (Phi) is 2.63. The van der Waals surface area contributed by atoms with Crippen LogP contribution in [0.5, 0.6) is 0 Å². The summed E-state index contributed by atoms with van der Waals surface area (Å²) in [6, 6.07) is 0.623. The van der Waals surface area contributed by atoms with Gasteiger partial charge in [0.15, 0.2) is 0 Å². The van der Waals surface area contributed by atoms with Crippen LogP contribution in [0.4, 0.5) is 4.79 Å². The molecule has 0 radical (unpaired) electrons. The molecule has 0 aliphatic carbocycles. The van der Waals surface area contributed by atoms with Crippen molar-refractivity contribution in [2.45, 2.75) is 38.8 Å². The third kappa shape index (κ3) is 2.43. The van der Waals surface area contributed by atoms with Crippen LogP contribution in [0.2, 0.25) is 0 Å². The van der Waals surface area contributed by atoms with Crippen LogP contribution in [0.3, 0.4) is 0 Å². The van der Waals surface area contributed by atoms with Crippen molar-refractivity contribution in [2.24, 2.45) is 5.92 Å². The van der Waals surface area contributed by atoms with Gasteiger partial charge >= 0.3 is 6.09 Å². The van der Waals surface area contributed by atoms with E-state index in [-0.39, 0.29) is 11.7 Å². The molecule has 2 rings (SSSR count). The van der Waals surface area contributed by atoms with Gasteiger partial charge in [0.25, 0.3) is 0 Å². The number of fused-ring (bicyclic) bond motifs is 1. The highest BCUT2D eigenvalue weighted by atomic mass is 16.6. The predicted molar refractivity (Wildman–Crippen MR) is 56.5 cm³/mol. The van der Waals surface area contributed by atoms with Crippen molar-refractivity contribution in [1.82, 2.24) is 4.90 Å². The first kappa shape index (κ1) is 10.7. The minimum absolute atomic E-state index is 0.148. The Morgan fingerprint density at radius 3 is 2.73 bits per heavy atom. The average molecular weight is 213 g/mol. The third-order valence-corrected chi connectivity index (χ3v) is 3.15. The minimum atomic E-state index is -0.376. The Hall–Kier alpha value is -0.770. The normalized spacial score (nSPS) is 30.5. The standard InChI is InChI=1S/C11H20N2O2/c1-11(2,3)15-10(14)13-6-8-4-5-12-9(8)7-13/h8-9,12H,4-7H2,1-3H3/p+1/t8-,9-/m0/s1. The summed E-state index contributed by atoms with van der Waals surface area (Å²) in [5.41, 5.74) is -0.376. The summed E-state index contributed by atoms with van der Waals surface area (Å²) < 4.78 is 5.36. The Morgan fingerprint density at radius 2 is 2.13 bits per heavy atom. The van der Waals surface area contributed by atoms with Gasteiger partial charge < -0.3 is 15.0 Å². The van der Waals surface area contributed by atoms with Crippen LogP contribution in [-0.4, -0.2) is 42.3 Å². The lowest BCUT2D eigenvalue weighted by molar-refractivity contribution is -0.669. The maximum atomic E-state index is 11.8. The highest BCUT2D eigenvalue weighted by Gasteiger charge is 2.42. The Labute approximate surface area is 91.0 Å². The quantitative estimate of drug-likeness (QED) is 0.624. The fraction of sp³-hybridized carbons (Fsp3) is 0.909. The summed E-state index contributed by atoms with van der Waals surface area (Å²) >= 11 is 0. The maximum absolute atomic E-state index is 11.8. The third-order valence-electron chi connectivity index (χ3n) is 3.15. The maximum Gasteiger partial charge on any atom is 0.410 e. The number of hydrogen-bond acceptors (Lipinski definition) is 2. The minimum Gasteiger partial charge on any atom is -0.444 e. The van der Waals surface area contributed by atoms with E-state index in [0.29, 0.717) is 12.0 Å². The zero-order valence-electron chi connectivity index (χ0n) is 9.82. The number of rotatable bonds is 0. The van der Waals surface area contributed by atoms with Crippen molar-refractivity contribution in [2.75, 3.05) is 19.6 Å². The topological polar surface area (TPSA) is 46.1 Å². The van der Waals surface area contributed by atoms with Crippen LogP contribution in [0.25, 0.3) is 0 Å².